The first-order valence-electron chi connectivity index (χ1n) is 9.42. The topological polar surface area (TPSA) is 58.9 Å². The largest absolute Gasteiger partial charge is 0.318 e. The van der Waals surface area contributed by atoms with Crippen molar-refractivity contribution in [1.29, 1.82) is 0 Å². The van der Waals surface area contributed by atoms with Crippen LogP contribution in [-0.4, -0.2) is 44.5 Å². The Hall–Kier alpha value is -1.89. The lowest BCUT2D eigenvalue weighted by molar-refractivity contribution is -0.931. The van der Waals surface area contributed by atoms with Crippen LogP contribution in [0.4, 0.5) is 5.69 Å². The molecule has 2 aromatic carbocycles. The zero-order valence-corrected chi connectivity index (χ0v) is 17.6. The van der Waals surface area contributed by atoms with Gasteiger partial charge >= 0.3 is 0 Å². The number of carbonyl (C=O) groups excluding carboxylic acids is 1. The Bertz CT molecular complexity index is 1020. The second kappa shape index (κ2) is 7.17. The second-order valence-electron chi connectivity index (χ2n) is 7.92. The number of benzene rings is 2. The quantitative estimate of drug-likeness (QED) is 0.821. The van der Waals surface area contributed by atoms with Crippen molar-refractivity contribution in [1.82, 2.24) is 0 Å². The number of halogens is 1. The zero-order chi connectivity index (χ0) is 20.1. The molecular formula is C21H24ClN2O3S+. The molecule has 2 aromatic rings. The van der Waals surface area contributed by atoms with E-state index in [1.807, 2.05) is 56.3 Å². The molecule has 148 valence electrons. The van der Waals surface area contributed by atoms with Gasteiger partial charge in [0.25, 0.3) is 5.91 Å². The smallest absolute Gasteiger partial charge is 0.282 e. The summed E-state index contributed by atoms with van der Waals surface area (Å²) in [6, 6.07) is 13.0. The fraction of sp³-hybridized carbons (Fsp3) is 0.381. The molecule has 0 radical (unpaired) electrons. The van der Waals surface area contributed by atoms with Gasteiger partial charge in [-0.1, -0.05) is 29.8 Å². The van der Waals surface area contributed by atoms with Crippen LogP contribution < -0.4 is 9.80 Å². The maximum absolute atomic E-state index is 13.1. The average Bonchev–Trinajstić information content (AvgIpc) is 2.95. The van der Waals surface area contributed by atoms with E-state index in [9.17, 15) is 13.2 Å². The van der Waals surface area contributed by atoms with Crippen LogP contribution in [0.5, 0.6) is 0 Å². The van der Waals surface area contributed by atoms with Crippen molar-refractivity contribution in [2.24, 2.45) is 0 Å². The van der Waals surface area contributed by atoms with Crippen LogP contribution in [0.25, 0.3) is 0 Å². The Labute approximate surface area is 170 Å². The minimum atomic E-state index is -3.18. The van der Waals surface area contributed by atoms with Gasteiger partial charge < -0.3 is 4.90 Å². The molecule has 3 atom stereocenters. The van der Waals surface area contributed by atoms with E-state index < -0.39 is 9.84 Å². The fourth-order valence-electron chi connectivity index (χ4n) is 4.34. The predicted molar refractivity (Wildman–Crippen MR) is 111 cm³/mol. The van der Waals surface area contributed by atoms with Crippen molar-refractivity contribution in [2.45, 2.75) is 32.5 Å². The zero-order valence-electron chi connectivity index (χ0n) is 16.0. The molecule has 1 amide bonds. The molecule has 0 bridgehead atoms. The van der Waals surface area contributed by atoms with Gasteiger partial charge in [0.1, 0.15) is 24.4 Å². The number of nitrogens with zero attached hydrogens (tertiary/aromatic N) is 1. The number of aryl methyl sites for hydroxylation is 2. The van der Waals surface area contributed by atoms with Gasteiger partial charge in [0.05, 0.1) is 5.75 Å². The highest BCUT2D eigenvalue weighted by molar-refractivity contribution is 7.91. The van der Waals surface area contributed by atoms with E-state index in [1.165, 1.54) is 0 Å². The van der Waals surface area contributed by atoms with Gasteiger partial charge in [0.15, 0.2) is 16.4 Å². The second-order valence-corrected chi connectivity index (χ2v) is 10.5. The van der Waals surface area contributed by atoms with Crippen molar-refractivity contribution in [3.63, 3.8) is 0 Å². The summed E-state index contributed by atoms with van der Waals surface area (Å²) in [5, 5.41) is 0.663. The van der Waals surface area contributed by atoms with Crippen molar-refractivity contribution < 1.29 is 18.1 Å². The lowest BCUT2D eigenvalue weighted by Crippen LogP contribution is -3.19. The van der Waals surface area contributed by atoms with Gasteiger partial charge in [-0.15, -0.1) is 0 Å². The summed E-state index contributed by atoms with van der Waals surface area (Å²) >= 11 is 5.97. The van der Waals surface area contributed by atoms with Crippen molar-refractivity contribution in [3.05, 3.63) is 64.2 Å². The highest BCUT2D eigenvalue weighted by Gasteiger charge is 2.52. The molecule has 2 saturated heterocycles. The minimum absolute atomic E-state index is 0.0226. The molecule has 7 heteroatoms. The molecule has 1 N–H and O–H groups in total. The number of nitrogens with one attached hydrogen (secondary N) is 1. The Morgan fingerprint density at radius 2 is 1.79 bits per heavy atom. The molecule has 2 heterocycles. The number of anilines is 1. The normalized spacial score (nSPS) is 26.3. The monoisotopic (exact) mass is 419 g/mol. The molecular weight excluding hydrogens is 396 g/mol. The van der Waals surface area contributed by atoms with Gasteiger partial charge in [-0.25, -0.2) is 8.42 Å². The van der Waals surface area contributed by atoms with Crippen LogP contribution in [0, 0.1) is 13.8 Å². The van der Waals surface area contributed by atoms with Gasteiger partial charge in [-0.2, -0.15) is 0 Å². The maximum Gasteiger partial charge on any atom is 0.282 e. The standard InChI is InChI=1S/C21H23ClN2O3S/c1-14-3-8-18(9-15(14)2)24-20-13-28(26,27)12-19(20)23(11-21(24)25)10-16-4-6-17(22)7-5-16/h3-9,19-20H,10-13H2,1-2H3/p+1/t19-,20-/m0/s1. The summed E-state index contributed by atoms with van der Waals surface area (Å²) in [6.07, 6.45) is 0. The molecule has 0 spiro atoms. The van der Waals surface area contributed by atoms with Crippen molar-refractivity contribution in [3.8, 4) is 0 Å². The third-order valence-corrected chi connectivity index (χ3v) is 7.91. The SMILES string of the molecule is Cc1ccc(N2C(=O)C[NH+](Cc3ccc(Cl)cc3)[C@H]3CS(=O)(=O)C[C@@H]32)cc1C. The molecule has 5 nitrogen and oxygen atoms in total. The van der Waals surface area contributed by atoms with Crippen LogP contribution >= 0.6 is 11.6 Å². The van der Waals surface area contributed by atoms with Gasteiger partial charge in [0.2, 0.25) is 0 Å². The highest BCUT2D eigenvalue weighted by atomic mass is 35.5. The van der Waals surface area contributed by atoms with E-state index in [2.05, 4.69) is 0 Å². The van der Waals surface area contributed by atoms with Gasteiger partial charge in [0, 0.05) is 16.3 Å². The molecule has 2 fully saturated rings. The molecule has 0 aliphatic carbocycles. The lowest BCUT2D eigenvalue weighted by atomic mass is 10.0. The molecule has 1 unspecified atom stereocenters. The maximum atomic E-state index is 13.1. The number of amides is 1. The van der Waals surface area contributed by atoms with E-state index in [-0.39, 0.29) is 36.0 Å². The van der Waals surface area contributed by atoms with E-state index in [1.54, 1.807) is 4.90 Å². The summed E-state index contributed by atoms with van der Waals surface area (Å²) in [5.41, 5.74) is 4.10. The number of rotatable bonds is 3. The van der Waals surface area contributed by atoms with E-state index in [0.717, 1.165) is 27.3 Å². The van der Waals surface area contributed by atoms with Crippen LogP contribution in [0.1, 0.15) is 16.7 Å². The number of hydrogen-bond donors (Lipinski definition) is 1. The Balaban J connectivity index is 1.67. The summed E-state index contributed by atoms with van der Waals surface area (Å²) < 4.78 is 25.0. The van der Waals surface area contributed by atoms with Gasteiger partial charge in [-0.05, 0) is 49.2 Å². The molecule has 0 saturated carbocycles. The number of fused-ring (bicyclic) bond motifs is 1. The lowest BCUT2D eigenvalue weighted by Gasteiger charge is -2.41. The predicted octanol–water partition coefficient (Wildman–Crippen LogP) is 1.55. The third kappa shape index (κ3) is 3.69. The van der Waals surface area contributed by atoms with Crippen LogP contribution in [0.2, 0.25) is 5.02 Å². The summed E-state index contributed by atoms with van der Waals surface area (Å²) in [4.78, 5) is 15.8. The molecule has 28 heavy (non-hydrogen) atoms. The van der Waals surface area contributed by atoms with E-state index >= 15 is 0 Å². The Kier molecular flexibility index (Phi) is 4.98. The number of quaternary nitrogens is 1. The first-order chi connectivity index (χ1) is 13.2. The number of sulfone groups is 1. The van der Waals surface area contributed by atoms with Crippen molar-refractivity contribution in [2.75, 3.05) is 23.0 Å². The molecule has 0 aromatic heterocycles. The summed E-state index contributed by atoms with van der Waals surface area (Å²) in [7, 11) is -3.18. The third-order valence-electron chi connectivity index (χ3n) is 5.94. The van der Waals surface area contributed by atoms with Crippen LogP contribution in [0.15, 0.2) is 42.5 Å². The first-order valence-corrected chi connectivity index (χ1v) is 11.6. The molecule has 2 aliphatic heterocycles. The minimum Gasteiger partial charge on any atom is -0.318 e. The first kappa shape index (κ1) is 19.4. The Morgan fingerprint density at radius 1 is 1.07 bits per heavy atom. The highest BCUT2D eigenvalue weighted by Crippen LogP contribution is 2.27. The average molecular weight is 420 g/mol. The summed E-state index contributed by atoms with van der Waals surface area (Å²) in [5.74, 6) is 0.126. The number of hydrogen-bond acceptors (Lipinski definition) is 3. The van der Waals surface area contributed by atoms with Crippen LogP contribution in [-0.2, 0) is 21.2 Å². The summed E-state index contributed by atoms with van der Waals surface area (Å²) in [6.45, 7) is 4.93. The fourth-order valence-corrected chi connectivity index (χ4v) is 6.51. The molecule has 4 rings (SSSR count). The van der Waals surface area contributed by atoms with Crippen molar-refractivity contribution >= 4 is 33.0 Å². The number of carbonyl (C=O) groups is 1. The van der Waals surface area contributed by atoms with Gasteiger partial charge in [-0.3, -0.25) is 9.69 Å². The number of piperazine rings is 1. The Morgan fingerprint density at radius 3 is 2.46 bits per heavy atom. The molecule has 2 aliphatic rings. The van der Waals surface area contributed by atoms with Crippen LogP contribution in [0.3, 0.4) is 0 Å². The van der Waals surface area contributed by atoms with E-state index in [4.69, 9.17) is 11.6 Å². The van der Waals surface area contributed by atoms with E-state index in [0.29, 0.717) is 11.6 Å².